The molecule has 0 spiro atoms. The number of hydrogen-bond acceptors (Lipinski definition) is 13. The van der Waals surface area contributed by atoms with Crippen LogP contribution in [0.15, 0.2) is 36.4 Å². The molecule has 2 rings (SSSR count). The van der Waals surface area contributed by atoms with E-state index in [-0.39, 0.29) is 35.8 Å². The number of phenolic OH excluding ortho intramolecular Hbond substituents is 2. The van der Waals surface area contributed by atoms with Crippen molar-refractivity contribution in [2.45, 2.75) is 24.9 Å². The number of aromatic hydroxyl groups is 2. The highest BCUT2D eigenvalue weighted by molar-refractivity contribution is 7.46. The normalized spacial score (nSPS) is 12.9. The van der Waals surface area contributed by atoms with Crippen molar-refractivity contribution in [3.8, 4) is 23.0 Å². The summed E-state index contributed by atoms with van der Waals surface area (Å²) in [7, 11) is -8.06. The summed E-state index contributed by atoms with van der Waals surface area (Å²) in [6, 6.07) is 6.27. The monoisotopic (exact) mass is 628 g/mol. The summed E-state index contributed by atoms with van der Waals surface area (Å²) < 4.78 is 43.1. The van der Waals surface area contributed by atoms with E-state index < -0.39 is 53.3 Å². The predicted molar refractivity (Wildman–Crippen MR) is 136 cm³/mol. The molecule has 0 aliphatic carbocycles. The highest BCUT2D eigenvalue weighted by Gasteiger charge is 2.18. The molecule has 41 heavy (non-hydrogen) atoms. The van der Waals surface area contributed by atoms with Gasteiger partial charge < -0.3 is 60.6 Å². The second-order valence-corrected chi connectivity index (χ2v) is 10.3. The third-order valence-corrected chi connectivity index (χ3v) is 5.53. The van der Waals surface area contributed by atoms with Gasteiger partial charge in [-0.2, -0.15) is 0 Å². The fourth-order valence-corrected chi connectivity index (χ4v) is 3.15. The molecule has 2 aromatic rings. The average Bonchev–Trinajstić information content (AvgIpc) is 2.85. The van der Waals surface area contributed by atoms with Gasteiger partial charge in [0.15, 0.2) is 23.0 Å². The lowest BCUT2D eigenvalue weighted by Gasteiger charge is -2.12. The maximum Gasteiger partial charge on any atom is 0.472 e. The van der Waals surface area contributed by atoms with Gasteiger partial charge in [0.05, 0.1) is 7.11 Å². The zero-order valence-corrected chi connectivity index (χ0v) is 23.1. The number of ether oxygens (including phenoxy) is 3. The number of benzene rings is 2. The number of carbonyl (C=O) groups is 2. The first-order valence-corrected chi connectivity index (χ1v) is 14.1. The number of phosphoric ester groups is 2. The second kappa shape index (κ2) is 16.2. The summed E-state index contributed by atoms with van der Waals surface area (Å²) >= 11 is 0. The van der Waals surface area contributed by atoms with Gasteiger partial charge in [0.25, 0.3) is 0 Å². The minimum absolute atomic E-state index is 0.0160. The maximum atomic E-state index is 11.2. The molecule has 0 aromatic heterocycles. The van der Waals surface area contributed by atoms with Gasteiger partial charge in [-0.25, -0.2) is 18.2 Å². The number of rotatable bonds is 14. The number of nitrogens with two attached hydrogens (primary N) is 2. The van der Waals surface area contributed by atoms with Crippen molar-refractivity contribution in [2.24, 2.45) is 11.5 Å². The summed E-state index contributed by atoms with van der Waals surface area (Å²) in [5, 5.41) is 28.0. The van der Waals surface area contributed by atoms with E-state index in [2.05, 4.69) is 13.8 Å². The Balaban J connectivity index is 0.000000410. The Morgan fingerprint density at radius 3 is 1.49 bits per heavy atom. The van der Waals surface area contributed by atoms with Gasteiger partial charge in [0.2, 0.25) is 13.6 Å². The van der Waals surface area contributed by atoms with Crippen LogP contribution in [0.5, 0.6) is 23.0 Å². The first-order chi connectivity index (χ1) is 18.9. The van der Waals surface area contributed by atoms with E-state index >= 15 is 0 Å². The van der Waals surface area contributed by atoms with E-state index in [0.717, 1.165) is 0 Å². The van der Waals surface area contributed by atoms with Crippen LogP contribution in [0.3, 0.4) is 0 Å². The molecule has 20 heteroatoms. The van der Waals surface area contributed by atoms with E-state index in [1.54, 1.807) is 0 Å². The van der Waals surface area contributed by atoms with Gasteiger partial charge in [-0.15, -0.1) is 0 Å². The molecule has 0 aliphatic heterocycles. The van der Waals surface area contributed by atoms with Crippen LogP contribution in [-0.4, -0.2) is 79.6 Å². The molecule has 0 radical (unpaired) electrons. The van der Waals surface area contributed by atoms with Gasteiger partial charge in [0, 0.05) is 0 Å². The Kier molecular flexibility index (Phi) is 14.2. The number of phosphoric acid groups is 2. The van der Waals surface area contributed by atoms with E-state index in [4.69, 9.17) is 45.6 Å². The minimum Gasteiger partial charge on any atom is -0.504 e. The number of methoxy groups -OCH3 is 1. The average molecular weight is 628 g/mol. The number of carbonyl (C=O) groups excluding carboxylic acids is 1. The molecule has 0 amide bonds. The van der Waals surface area contributed by atoms with Crippen molar-refractivity contribution in [3.05, 3.63) is 47.5 Å². The van der Waals surface area contributed by atoms with E-state index in [1.165, 1.54) is 43.5 Å². The van der Waals surface area contributed by atoms with Crippen LogP contribution in [-0.2, 0) is 45.3 Å². The van der Waals surface area contributed by atoms with E-state index in [0.29, 0.717) is 11.1 Å². The molecule has 11 N–H and O–H groups in total. The van der Waals surface area contributed by atoms with Crippen LogP contribution in [0.4, 0.5) is 0 Å². The lowest BCUT2D eigenvalue weighted by Crippen LogP contribution is -2.33. The first-order valence-electron chi connectivity index (χ1n) is 11.0. The topological polar surface area (TPSA) is 308 Å². The lowest BCUT2D eigenvalue weighted by molar-refractivity contribution is -0.142. The molecule has 2 aromatic carbocycles. The zero-order chi connectivity index (χ0) is 31.4. The smallest absolute Gasteiger partial charge is 0.472 e. The standard InChI is InChI=1S/C11H16NO8P.C10H14NO8P/c1-18-11(14)8(12)4-7-2-3-10(9(13)5-7)19-6-20-21(15,16)17;11-7(10(13)14)3-6-1-2-9(8(12)4-6)18-5-19-20(15,16)17/h2-3,5,8,13H,4,6,12H2,1H3,(H2,15,16,17);1-2,4,7,12H,3,5,11H2,(H,13,14)(H2,15,16,17)/t8-;7-/m00/s1. The van der Waals surface area contributed by atoms with Crippen molar-refractivity contribution in [1.29, 1.82) is 0 Å². The zero-order valence-electron chi connectivity index (χ0n) is 21.3. The molecule has 18 nitrogen and oxygen atoms in total. The lowest BCUT2D eigenvalue weighted by atomic mass is 10.1. The van der Waals surface area contributed by atoms with Crippen LogP contribution in [0.25, 0.3) is 0 Å². The number of hydrogen-bond donors (Lipinski definition) is 9. The van der Waals surface area contributed by atoms with Crippen LogP contribution >= 0.6 is 15.6 Å². The van der Waals surface area contributed by atoms with Crippen molar-refractivity contribution in [1.82, 2.24) is 0 Å². The number of esters is 1. The molecule has 0 heterocycles. The maximum absolute atomic E-state index is 11.2. The van der Waals surface area contributed by atoms with Crippen LogP contribution in [0.2, 0.25) is 0 Å². The number of carboxylic acid groups (broad SMARTS) is 1. The third-order valence-electron chi connectivity index (χ3n) is 4.65. The summed E-state index contributed by atoms with van der Waals surface area (Å²) in [5.41, 5.74) is 12.0. The SMILES string of the molecule is COC(=O)[C@@H](N)Cc1ccc(OCOP(=O)(O)O)c(O)c1.N[C@@H](Cc1ccc(OCOP(=O)(O)O)c(O)c1)C(=O)O. The van der Waals surface area contributed by atoms with Crippen molar-refractivity contribution >= 4 is 27.6 Å². The number of aliphatic carboxylic acids is 1. The largest absolute Gasteiger partial charge is 0.504 e. The molecule has 0 unspecified atom stereocenters. The summed E-state index contributed by atoms with van der Waals surface area (Å²) in [5.74, 6) is -2.44. The molecule has 0 bridgehead atoms. The van der Waals surface area contributed by atoms with E-state index in [1.807, 2.05) is 0 Å². The predicted octanol–water partition coefficient (Wildman–Crippen LogP) is -0.327. The Morgan fingerprint density at radius 2 is 1.17 bits per heavy atom. The molecule has 0 saturated heterocycles. The summed E-state index contributed by atoms with van der Waals surface area (Å²) in [6.07, 6.45) is 0.168. The molecule has 0 aliphatic rings. The number of carboxylic acids is 1. The minimum atomic E-state index is -4.65. The van der Waals surface area contributed by atoms with Gasteiger partial charge >= 0.3 is 27.6 Å². The Morgan fingerprint density at radius 1 is 0.780 bits per heavy atom. The first kappa shape index (κ1) is 35.7. The van der Waals surface area contributed by atoms with Gasteiger partial charge in [-0.05, 0) is 48.2 Å². The molecular weight excluding hydrogens is 598 g/mol. The van der Waals surface area contributed by atoms with Crippen LogP contribution < -0.4 is 20.9 Å². The molecule has 2 atom stereocenters. The quantitative estimate of drug-likeness (QED) is 0.0734. The third kappa shape index (κ3) is 14.8. The van der Waals surface area contributed by atoms with Gasteiger partial charge in [-0.3, -0.25) is 9.59 Å². The summed E-state index contributed by atoms with van der Waals surface area (Å²) in [6.45, 7) is -1.47. The summed E-state index contributed by atoms with van der Waals surface area (Å²) in [4.78, 5) is 55.6. The molecule has 0 saturated carbocycles. The van der Waals surface area contributed by atoms with Crippen molar-refractivity contribution < 1.29 is 76.9 Å². The Bertz CT molecular complexity index is 1260. The van der Waals surface area contributed by atoms with Crippen molar-refractivity contribution in [2.75, 3.05) is 20.7 Å². The Hall–Kier alpha value is -3.28. The fourth-order valence-electron chi connectivity index (χ4n) is 2.77. The highest BCUT2D eigenvalue weighted by atomic mass is 31.2. The van der Waals surface area contributed by atoms with E-state index in [9.17, 15) is 28.9 Å². The second-order valence-electron chi connectivity index (χ2n) is 7.85. The molecule has 230 valence electrons. The van der Waals surface area contributed by atoms with Crippen LogP contribution in [0, 0.1) is 0 Å². The fraction of sp³-hybridized carbons (Fsp3) is 0.333. The Labute approximate surface area is 232 Å². The van der Waals surface area contributed by atoms with Gasteiger partial charge in [0.1, 0.15) is 12.1 Å². The number of phenols is 2. The molecular formula is C21H30N2O16P2. The van der Waals surface area contributed by atoms with Crippen LogP contribution in [0.1, 0.15) is 11.1 Å². The highest BCUT2D eigenvalue weighted by Crippen LogP contribution is 2.37. The van der Waals surface area contributed by atoms with Gasteiger partial charge in [-0.1, -0.05) is 12.1 Å². The molecule has 0 fully saturated rings. The van der Waals surface area contributed by atoms with Crippen molar-refractivity contribution in [3.63, 3.8) is 0 Å².